The Morgan fingerprint density at radius 2 is 2.05 bits per heavy atom. The molecule has 1 heterocycles. The fourth-order valence-electron chi connectivity index (χ4n) is 1.64. The van der Waals surface area contributed by atoms with Gasteiger partial charge in [0.05, 0.1) is 34.7 Å². The summed E-state index contributed by atoms with van der Waals surface area (Å²) in [5, 5.41) is 12.1. The number of pyridine rings is 1. The largest absolute Gasteiger partial charge is 0.495 e. The Balaban J connectivity index is 2.38. The van der Waals surface area contributed by atoms with Crippen molar-refractivity contribution in [2.45, 2.75) is 0 Å². The summed E-state index contributed by atoms with van der Waals surface area (Å²) >= 11 is 6.79. The SMILES string of the molecule is COc1cc(Nc2cc(C(=O)O)c(N)cn2)c(Br)cc1Br. The van der Waals surface area contributed by atoms with E-state index in [0.717, 1.165) is 8.95 Å². The molecule has 0 aliphatic heterocycles. The van der Waals surface area contributed by atoms with Crippen LogP contribution in [0.15, 0.2) is 33.3 Å². The number of carboxylic acids is 1. The Kier molecular flexibility index (Phi) is 4.69. The number of nitrogens with two attached hydrogens (primary N) is 1. The molecule has 0 saturated heterocycles. The van der Waals surface area contributed by atoms with Gasteiger partial charge in [0.2, 0.25) is 0 Å². The number of nitrogens with zero attached hydrogens (tertiary/aromatic N) is 1. The van der Waals surface area contributed by atoms with E-state index in [-0.39, 0.29) is 11.3 Å². The van der Waals surface area contributed by atoms with Crippen LogP contribution >= 0.6 is 31.9 Å². The molecular weight excluding hydrogens is 406 g/mol. The van der Waals surface area contributed by atoms with Crippen LogP contribution in [0.3, 0.4) is 0 Å². The molecule has 1 aromatic heterocycles. The number of benzene rings is 1. The number of halogens is 2. The molecule has 0 unspecified atom stereocenters. The lowest BCUT2D eigenvalue weighted by Crippen LogP contribution is -2.05. The lowest BCUT2D eigenvalue weighted by molar-refractivity contribution is 0.0698. The Bertz CT molecular complexity index is 707. The molecule has 0 atom stereocenters. The summed E-state index contributed by atoms with van der Waals surface area (Å²) in [6.07, 6.45) is 1.30. The van der Waals surface area contributed by atoms with Crippen molar-refractivity contribution in [3.63, 3.8) is 0 Å². The number of carboxylic acid groups (broad SMARTS) is 1. The number of rotatable bonds is 4. The Hall–Kier alpha value is -1.80. The second-order valence-corrected chi connectivity index (χ2v) is 5.76. The number of ether oxygens (including phenoxy) is 1. The van der Waals surface area contributed by atoms with Crippen molar-refractivity contribution in [3.8, 4) is 5.75 Å². The van der Waals surface area contributed by atoms with Crippen LogP contribution in [0.2, 0.25) is 0 Å². The molecule has 0 amide bonds. The third-order valence-corrected chi connectivity index (χ3v) is 3.95. The van der Waals surface area contributed by atoms with Gasteiger partial charge in [-0.1, -0.05) is 0 Å². The highest BCUT2D eigenvalue weighted by molar-refractivity contribution is 9.11. The van der Waals surface area contributed by atoms with Crippen molar-refractivity contribution in [3.05, 3.63) is 38.9 Å². The number of nitrogen functional groups attached to an aromatic ring is 1. The molecule has 8 heteroatoms. The number of carbonyl (C=O) groups is 1. The van der Waals surface area contributed by atoms with Crippen molar-refractivity contribution in [2.75, 3.05) is 18.2 Å². The topological polar surface area (TPSA) is 97.5 Å². The number of methoxy groups -OCH3 is 1. The minimum absolute atomic E-state index is 0.00676. The Morgan fingerprint density at radius 3 is 2.67 bits per heavy atom. The molecule has 2 aromatic rings. The minimum atomic E-state index is -1.11. The van der Waals surface area contributed by atoms with E-state index in [2.05, 4.69) is 42.2 Å². The minimum Gasteiger partial charge on any atom is -0.495 e. The zero-order valence-corrected chi connectivity index (χ0v) is 14.0. The van der Waals surface area contributed by atoms with E-state index in [1.807, 2.05) is 6.07 Å². The van der Waals surface area contributed by atoms with Crippen LogP contribution in [0, 0.1) is 0 Å². The molecule has 2 rings (SSSR count). The lowest BCUT2D eigenvalue weighted by Gasteiger charge is -2.12. The summed E-state index contributed by atoms with van der Waals surface area (Å²) in [5.41, 5.74) is 6.36. The van der Waals surface area contributed by atoms with E-state index in [1.165, 1.54) is 12.3 Å². The van der Waals surface area contributed by atoms with E-state index < -0.39 is 5.97 Å². The average Bonchev–Trinajstić information content (AvgIpc) is 2.43. The molecule has 0 bridgehead atoms. The monoisotopic (exact) mass is 415 g/mol. The first-order valence-electron chi connectivity index (χ1n) is 5.71. The number of hydrogen-bond acceptors (Lipinski definition) is 5. The van der Waals surface area contributed by atoms with Gasteiger partial charge in [-0.05, 0) is 44.0 Å². The zero-order valence-electron chi connectivity index (χ0n) is 10.9. The van der Waals surface area contributed by atoms with Crippen LogP contribution in [-0.4, -0.2) is 23.2 Å². The fourth-order valence-corrected chi connectivity index (χ4v) is 2.89. The van der Waals surface area contributed by atoms with Gasteiger partial charge < -0.3 is 20.9 Å². The summed E-state index contributed by atoms with van der Waals surface area (Å²) in [6.45, 7) is 0. The maximum atomic E-state index is 11.1. The predicted molar refractivity (Wildman–Crippen MR) is 87.3 cm³/mol. The lowest BCUT2D eigenvalue weighted by atomic mass is 10.2. The first kappa shape index (κ1) is 15.6. The molecule has 21 heavy (non-hydrogen) atoms. The first-order chi connectivity index (χ1) is 9.92. The third-order valence-electron chi connectivity index (χ3n) is 2.67. The number of aromatic carboxylic acids is 1. The molecule has 1 aromatic carbocycles. The molecule has 0 aliphatic rings. The van der Waals surface area contributed by atoms with Crippen molar-refractivity contribution in [1.29, 1.82) is 0 Å². The first-order valence-corrected chi connectivity index (χ1v) is 7.30. The average molecular weight is 417 g/mol. The molecule has 0 spiro atoms. The smallest absolute Gasteiger partial charge is 0.337 e. The highest BCUT2D eigenvalue weighted by Crippen LogP contribution is 2.35. The van der Waals surface area contributed by atoms with Crippen LogP contribution in [0.4, 0.5) is 17.2 Å². The van der Waals surface area contributed by atoms with E-state index >= 15 is 0 Å². The molecule has 110 valence electrons. The van der Waals surface area contributed by atoms with Gasteiger partial charge in [-0.3, -0.25) is 0 Å². The van der Waals surface area contributed by atoms with E-state index in [9.17, 15) is 4.79 Å². The number of nitrogens with one attached hydrogen (secondary N) is 1. The molecule has 0 saturated carbocycles. The summed E-state index contributed by atoms with van der Waals surface area (Å²) in [4.78, 5) is 15.1. The molecule has 0 aliphatic carbocycles. The number of anilines is 3. The second-order valence-electron chi connectivity index (χ2n) is 4.05. The van der Waals surface area contributed by atoms with Crippen molar-refractivity contribution >= 4 is 55.0 Å². The summed E-state index contributed by atoms with van der Waals surface area (Å²) in [7, 11) is 1.56. The van der Waals surface area contributed by atoms with Gasteiger partial charge in [0, 0.05) is 10.5 Å². The number of hydrogen-bond donors (Lipinski definition) is 3. The highest BCUT2D eigenvalue weighted by atomic mass is 79.9. The van der Waals surface area contributed by atoms with Crippen molar-refractivity contribution < 1.29 is 14.6 Å². The van der Waals surface area contributed by atoms with Crippen LogP contribution < -0.4 is 15.8 Å². The van der Waals surface area contributed by atoms with Gasteiger partial charge in [-0.15, -0.1) is 0 Å². The molecule has 6 nitrogen and oxygen atoms in total. The molecular formula is C13H11Br2N3O3. The second kappa shape index (κ2) is 6.31. The maximum absolute atomic E-state index is 11.1. The van der Waals surface area contributed by atoms with Crippen molar-refractivity contribution in [2.24, 2.45) is 0 Å². The summed E-state index contributed by atoms with van der Waals surface area (Å²) < 4.78 is 6.78. The zero-order chi connectivity index (χ0) is 15.6. The van der Waals surface area contributed by atoms with Gasteiger partial charge in [-0.2, -0.15) is 0 Å². The quantitative estimate of drug-likeness (QED) is 0.703. The summed E-state index contributed by atoms with van der Waals surface area (Å²) in [5.74, 6) is -0.105. The predicted octanol–water partition coefficient (Wildman–Crippen LogP) is 3.64. The molecule has 0 radical (unpaired) electrons. The van der Waals surface area contributed by atoms with Crippen LogP contribution in [0.5, 0.6) is 5.75 Å². The fraction of sp³-hybridized carbons (Fsp3) is 0.0769. The van der Waals surface area contributed by atoms with Crippen LogP contribution in [0.1, 0.15) is 10.4 Å². The van der Waals surface area contributed by atoms with Gasteiger partial charge in [0.25, 0.3) is 0 Å². The van der Waals surface area contributed by atoms with Crippen molar-refractivity contribution in [1.82, 2.24) is 4.98 Å². The van der Waals surface area contributed by atoms with E-state index in [1.54, 1.807) is 13.2 Å². The summed E-state index contributed by atoms with van der Waals surface area (Å²) in [6, 6.07) is 4.95. The van der Waals surface area contributed by atoms with Gasteiger partial charge in [-0.25, -0.2) is 9.78 Å². The Labute approximate surface area is 137 Å². The maximum Gasteiger partial charge on any atom is 0.337 e. The Morgan fingerprint density at radius 1 is 1.33 bits per heavy atom. The molecule has 4 N–H and O–H groups in total. The molecule has 0 fully saturated rings. The van der Waals surface area contributed by atoms with E-state index in [4.69, 9.17) is 15.6 Å². The van der Waals surface area contributed by atoms with Gasteiger partial charge >= 0.3 is 5.97 Å². The highest BCUT2D eigenvalue weighted by Gasteiger charge is 2.12. The van der Waals surface area contributed by atoms with Gasteiger partial charge in [0.1, 0.15) is 11.6 Å². The van der Waals surface area contributed by atoms with Gasteiger partial charge in [0.15, 0.2) is 0 Å². The number of aromatic nitrogens is 1. The van der Waals surface area contributed by atoms with Crippen LogP contribution in [-0.2, 0) is 0 Å². The normalized spacial score (nSPS) is 10.2. The van der Waals surface area contributed by atoms with E-state index in [0.29, 0.717) is 17.3 Å². The standard InChI is InChI=1S/C13H11Br2N3O3/c1-21-11-4-10(7(14)3-8(11)15)18-12-2-6(13(19)20)9(16)5-17-12/h2-5H,16H2,1H3,(H,17,18)(H,19,20). The van der Waals surface area contributed by atoms with Crippen LogP contribution in [0.25, 0.3) is 0 Å². The third kappa shape index (κ3) is 3.45.